The second kappa shape index (κ2) is 7.16. The fraction of sp³-hybridized carbons (Fsp3) is 0.263. The van der Waals surface area contributed by atoms with E-state index in [-0.39, 0.29) is 16.7 Å². The molecular weight excluding hydrogens is 384 g/mol. The highest BCUT2D eigenvalue weighted by Gasteiger charge is 2.27. The molecule has 2 aromatic carbocycles. The number of hydrogen-bond acceptors (Lipinski definition) is 6. The second-order valence-corrected chi connectivity index (χ2v) is 8.12. The molecule has 1 N–H and O–H groups in total. The van der Waals surface area contributed by atoms with Gasteiger partial charge in [0.2, 0.25) is 11.8 Å². The first-order valence-electron chi connectivity index (χ1n) is 8.82. The molecule has 0 atom stereocenters. The second-order valence-electron chi connectivity index (χ2n) is 6.43. The van der Waals surface area contributed by atoms with Gasteiger partial charge >= 0.3 is 0 Å². The number of nitrogens with one attached hydrogen (secondary N) is 1. The average molecular weight is 402 g/mol. The summed E-state index contributed by atoms with van der Waals surface area (Å²) in [6, 6.07) is 10.4. The fourth-order valence-electron chi connectivity index (χ4n) is 3.14. The lowest BCUT2D eigenvalue weighted by Gasteiger charge is -2.25. The Morgan fingerprint density at radius 2 is 1.50 bits per heavy atom. The normalized spacial score (nSPS) is 16.8. The van der Waals surface area contributed by atoms with Gasteiger partial charge in [-0.2, -0.15) is 0 Å². The molecule has 0 spiro atoms. The van der Waals surface area contributed by atoms with Crippen LogP contribution in [-0.4, -0.2) is 33.4 Å². The molecule has 0 bridgehead atoms. The molecule has 0 aromatic heterocycles. The van der Waals surface area contributed by atoms with Crippen LogP contribution < -0.4 is 19.1 Å². The van der Waals surface area contributed by atoms with Crippen molar-refractivity contribution in [2.45, 2.75) is 24.2 Å². The van der Waals surface area contributed by atoms with Gasteiger partial charge in [0.15, 0.2) is 11.5 Å². The van der Waals surface area contributed by atoms with Gasteiger partial charge in [0.05, 0.1) is 16.3 Å². The molecule has 1 saturated heterocycles. The molecule has 28 heavy (non-hydrogen) atoms. The fourth-order valence-corrected chi connectivity index (χ4v) is 4.19. The van der Waals surface area contributed by atoms with E-state index >= 15 is 0 Å². The maximum Gasteiger partial charge on any atom is 0.261 e. The Balaban J connectivity index is 1.55. The van der Waals surface area contributed by atoms with Crippen LogP contribution in [0.3, 0.4) is 0 Å². The van der Waals surface area contributed by atoms with Crippen molar-refractivity contribution in [3.63, 3.8) is 0 Å². The van der Waals surface area contributed by atoms with Crippen LogP contribution >= 0.6 is 0 Å². The number of imide groups is 1. The number of fused-ring (bicyclic) bond motifs is 1. The average Bonchev–Trinajstić information content (AvgIpc) is 2.68. The molecule has 2 heterocycles. The SMILES string of the molecule is O=C1CCCC(=O)N1c1ccc(S(=O)(=O)Nc2ccc3c(c2)OCCO3)cc1. The minimum absolute atomic E-state index is 0.0167. The van der Waals surface area contributed by atoms with Crippen LogP contribution in [0.1, 0.15) is 19.3 Å². The maximum absolute atomic E-state index is 12.7. The first-order valence-corrected chi connectivity index (χ1v) is 10.3. The Morgan fingerprint density at radius 1 is 0.857 bits per heavy atom. The molecule has 9 heteroatoms. The molecule has 146 valence electrons. The van der Waals surface area contributed by atoms with Gasteiger partial charge < -0.3 is 9.47 Å². The number of carbonyl (C=O) groups is 2. The van der Waals surface area contributed by atoms with Crippen molar-refractivity contribution in [3.05, 3.63) is 42.5 Å². The van der Waals surface area contributed by atoms with Crippen LogP contribution in [-0.2, 0) is 19.6 Å². The quantitative estimate of drug-likeness (QED) is 0.788. The smallest absolute Gasteiger partial charge is 0.261 e. The van der Waals surface area contributed by atoms with E-state index in [1.165, 1.54) is 24.3 Å². The van der Waals surface area contributed by atoms with Crippen molar-refractivity contribution in [2.75, 3.05) is 22.8 Å². The van der Waals surface area contributed by atoms with Gasteiger partial charge in [-0.25, -0.2) is 8.42 Å². The summed E-state index contributed by atoms with van der Waals surface area (Å²) < 4.78 is 38.7. The Bertz CT molecular complexity index is 1020. The van der Waals surface area contributed by atoms with Crippen molar-refractivity contribution in [2.24, 2.45) is 0 Å². The predicted octanol–water partition coefficient (Wildman–Crippen LogP) is 2.30. The molecule has 4 rings (SSSR count). The summed E-state index contributed by atoms with van der Waals surface area (Å²) in [6.45, 7) is 0.852. The zero-order valence-electron chi connectivity index (χ0n) is 14.9. The summed E-state index contributed by atoms with van der Waals surface area (Å²) in [4.78, 5) is 25.1. The van der Waals surface area contributed by atoms with Gasteiger partial charge in [-0.1, -0.05) is 0 Å². The largest absolute Gasteiger partial charge is 0.486 e. The lowest BCUT2D eigenvalue weighted by Crippen LogP contribution is -2.40. The molecule has 2 aliphatic rings. The van der Waals surface area contributed by atoms with E-state index in [0.29, 0.717) is 55.4 Å². The molecule has 2 aliphatic heterocycles. The van der Waals surface area contributed by atoms with Gasteiger partial charge in [-0.3, -0.25) is 19.2 Å². The minimum atomic E-state index is -3.85. The van der Waals surface area contributed by atoms with E-state index in [2.05, 4.69) is 4.72 Å². The van der Waals surface area contributed by atoms with Crippen molar-refractivity contribution in [3.8, 4) is 11.5 Å². The number of nitrogens with zero attached hydrogens (tertiary/aromatic N) is 1. The summed E-state index contributed by atoms with van der Waals surface area (Å²) in [5.41, 5.74) is 0.711. The standard InChI is InChI=1S/C19H18N2O6S/c22-18-2-1-3-19(23)21(18)14-5-7-15(8-6-14)28(24,25)20-13-4-9-16-17(12-13)27-11-10-26-16/h4-9,12,20H,1-3,10-11H2. The summed E-state index contributed by atoms with van der Waals surface area (Å²) in [7, 11) is -3.85. The monoisotopic (exact) mass is 402 g/mol. The molecule has 2 amide bonds. The summed E-state index contributed by atoms with van der Waals surface area (Å²) in [5.74, 6) is 0.487. The van der Waals surface area contributed by atoms with Crippen LogP contribution in [0.2, 0.25) is 0 Å². The molecule has 0 radical (unpaired) electrons. The third-order valence-electron chi connectivity index (χ3n) is 4.48. The molecule has 1 fully saturated rings. The third kappa shape index (κ3) is 3.53. The van der Waals surface area contributed by atoms with Gasteiger partial charge in [0.1, 0.15) is 13.2 Å². The predicted molar refractivity (Wildman–Crippen MR) is 101 cm³/mol. The number of ether oxygens (including phenoxy) is 2. The number of amides is 2. The van der Waals surface area contributed by atoms with Crippen LogP contribution in [0.5, 0.6) is 11.5 Å². The Morgan fingerprint density at radius 3 is 2.18 bits per heavy atom. The maximum atomic E-state index is 12.7. The number of rotatable bonds is 4. The van der Waals surface area contributed by atoms with E-state index in [1.807, 2.05) is 0 Å². The number of hydrogen-bond donors (Lipinski definition) is 1. The van der Waals surface area contributed by atoms with E-state index < -0.39 is 10.0 Å². The number of benzene rings is 2. The van der Waals surface area contributed by atoms with Crippen LogP contribution in [0, 0.1) is 0 Å². The Labute approximate surface area is 162 Å². The third-order valence-corrected chi connectivity index (χ3v) is 5.88. The summed E-state index contributed by atoms with van der Waals surface area (Å²) in [6.07, 6.45) is 1.15. The summed E-state index contributed by atoms with van der Waals surface area (Å²) in [5, 5.41) is 0. The van der Waals surface area contributed by atoms with Gasteiger partial charge in [-0.05, 0) is 42.8 Å². The molecule has 0 unspecified atom stereocenters. The zero-order chi connectivity index (χ0) is 19.7. The van der Waals surface area contributed by atoms with Crippen LogP contribution in [0.4, 0.5) is 11.4 Å². The highest BCUT2D eigenvalue weighted by atomic mass is 32.2. The molecule has 2 aromatic rings. The number of sulfonamides is 1. The highest BCUT2D eigenvalue weighted by Crippen LogP contribution is 2.33. The van der Waals surface area contributed by atoms with Gasteiger partial charge in [0, 0.05) is 18.9 Å². The van der Waals surface area contributed by atoms with Crippen LogP contribution in [0.15, 0.2) is 47.4 Å². The number of anilines is 2. The lowest BCUT2D eigenvalue weighted by molar-refractivity contribution is -0.129. The van der Waals surface area contributed by atoms with Crippen molar-refractivity contribution >= 4 is 33.2 Å². The molecule has 0 aliphatic carbocycles. The summed E-state index contributed by atoms with van der Waals surface area (Å²) >= 11 is 0. The molecule has 0 saturated carbocycles. The van der Waals surface area contributed by atoms with Crippen molar-refractivity contribution in [1.29, 1.82) is 0 Å². The zero-order valence-corrected chi connectivity index (χ0v) is 15.7. The van der Waals surface area contributed by atoms with E-state index in [0.717, 1.165) is 4.90 Å². The molecule has 8 nitrogen and oxygen atoms in total. The Hall–Kier alpha value is -3.07. The number of piperidine rings is 1. The van der Waals surface area contributed by atoms with E-state index in [4.69, 9.17) is 9.47 Å². The molecular formula is C19H18N2O6S. The van der Waals surface area contributed by atoms with E-state index in [1.54, 1.807) is 18.2 Å². The van der Waals surface area contributed by atoms with Crippen LogP contribution in [0.25, 0.3) is 0 Å². The first kappa shape index (κ1) is 18.3. The Kier molecular flexibility index (Phi) is 4.68. The first-order chi connectivity index (χ1) is 13.4. The minimum Gasteiger partial charge on any atom is -0.486 e. The van der Waals surface area contributed by atoms with Gasteiger partial charge in [-0.15, -0.1) is 0 Å². The topological polar surface area (TPSA) is 102 Å². The van der Waals surface area contributed by atoms with E-state index in [9.17, 15) is 18.0 Å². The highest BCUT2D eigenvalue weighted by molar-refractivity contribution is 7.92. The van der Waals surface area contributed by atoms with Crippen molar-refractivity contribution in [1.82, 2.24) is 0 Å². The van der Waals surface area contributed by atoms with Gasteiger partial charge in [0.25, 0.3) is 10.0 Å². The number of carbonyl (C=O) groups excluding carboxylic acids is 2. The van der Waals surface area contributed by atoms with Crippen molar-refractivity contribution < 1.29 is 27.5 Å². The lowest BCUT2D eigenvalue weighted by atomic mass is 10.1.